The molecular formula is C17H29ClN2O2. The lowest BCUT2D eigenvalue weighted by Crippen LogP contribution is -2.37. The smallest absolute Gasteiger partial charge is 0.123 e. The van der Waals surface area contributed by atoms with Gasteiger partial charge in [0, 0.05) is 25.2 Å². The zero-order valence-electron chi connectivity index (χ0n) is 13.6. The van der Waals surface area contributed by atoms with Gasteiger partial charge in [-0.2, -0.15) is 0 Å². The molecule has 0 unspecified atom stereocenters. The molecule has 2 rings (SSSR count). The van der Waals surface area contributed by atoms with Crippen LogP contribution < -0.4 is 10.1 Å². The van der Waals surface area contributed by atoms with Crippen molar-refractivity contribution in [2.75, 3.05) is 46.0 Å². The highest BCUT2D eigenvalue weighted by Gasteiger charge is 2.09. The van der Waals surface area contributed by atoms with Crippen molar-refractivity contribution in [3.8, 4) is 5.75 Å². The van der Waals surface area contributed by atoms with Crippen LogP contribution in [0.1, 0.15) is 25.3 Å². The number of hydrogen-bond acceptors (Lipinski definition) is 4. The van der Waals surface area contributed by atoms with Crippen molar-refractivity contribution in [2.45, 2.75) is 26.3 Å². The van der Waals surface area contributed by atoms with E-state index in [1.165, 1.54) is 12.0 Å². The first kappa shape index (κ1) is 19.2. The summed E-state index contributed by atoms with van der Waals surface area (Å²) in [5.74, 6) is 1.01. The fourth-order valence-corrected chi connectivity index (χ4v) is 2.48. The first-order chi connectivity index (χ1) is 10.4. The molecular weight excluding hydrogens is 300 g/mol. The number of para-hydroxylation sites is 1. The van der Waals surface area contributed by atoms with Gasteiger partial charge in [-0.3, -0.25) is 4.90 Å². The summed E-state index contributed by atoms with van der Waals surface area (Å²) in [6, 6.07) is 8.30. The Balaban J connectivity index is 0.00000242. The lowest BCUT2D eigenvalue weighted by Gasteiger charge is -2.26. The lowest BCUT2D eigenvalue weighted by atomic mass is 10.2. The summed E-state index contributed by atoms with van der Waals surface area (Å²) in [5, 5.41) is 3.52. The molecule has 1 aliphatic rings. The summed E-state index contributed by atoms with van der Waals surface area (Å²) in [6.45, 7) is 9.92. The number of halogens is 1. The van der Waals surface area contributed by atoms with Crippen LogP contribution in [0.5, 0.6) is 5.75 Å². The minimum Gasteiger partial charge on any atom is -0.493 e. The monoisotopic (exact) mass is 328 g/mol. The molecule has 126 valence electrons. The SMILES string of the molecule is CCCOc1ccccc1CNCCCN1CCOCC1.Cl. The Morgan fingerprint density at radius 3 is 2.77 bits per heavy atom. The number of benzene rings is 1. The van der Waals surface area contributed by atoms with Crippen molar-refractivity contribution in [3.05, 3.63) is 29.8 Å². The molecule has 0 atom stereocenters. The van der Waals surface area contributed by atoms with E-state index in [4.69, 9.17) is 9.47 Å². The van der Waals surface area contributed by atoms with Crippen molar-refractivity contribution >= 4 is 12.4 Å². The minimum absolute atomic E-state index is 0. The van der Waals surface area contributed by atoms with Gasteiger partial charge in [-0.1, -0.05) is 25.1 Å². The van der Waals surface area contributed by atoms with Gasteiger partial charge in [0.05, 0.1) is 19.8 Å². The highest BCUT2D eigenvalue weighted by molar-refractivity contribution is 5.85. The maximum Gasteiger partial charge on any atom is 0.123 e. The third-order valence-corrected chi connectivity index (χ3v) is 3.68. The van der Waals surface area contributed by atoms with E-state index in [0.717, 1.165) is 64.7 Å². The van der Waals surface area contributed by atoms with Crippen molar-refractivity contribution in [3.63, 3.8) is 0 Å². The second kappa shape index (κ2) is 11.7. The van der Waals surface area contributed by atoms with Crippen LogP contribution in [0.2, 0.25) is 0 Å². The average molecular weight is 329 g/mol. The molecule has 1 aliphatic heterocycles. The molecule has 4 nitrogen and oxygen atoms in total. The fourth-order valence-electron chi connectivity index (χ4n) is 2.48. The van der Waals surface area contributed by atoms with E-state index in [0.29, 0.717) is 0 Å². The highest BCUT2D eigenvalue weighted by Crippen LogP contribution is 2.17. The molecule has 1 aromatic rings. The van der Waals surface area contributed by atoms with E-state index in [-0.39, 0.29) is 12.4 Å². The predicted molar refractivity (Wildman–Crippen MR) is 93.1 cm³/mol. The average Bonchev–Trinajstić information content (AvgIpc) is 2.54. The number of nitrogens with zero attached hydrogens (tertiary/aromatic N) is 1. The summed E-state index contributed by atoms with van der Waals surface area (Å²) in [7, 11) is 0. The molecule has 0 aliphatic carbocycles. The van der Waals surface area contributed by atoms with E-state index in [2.05, 4.69) is 35.3 Å². The van der Waals surface area contributed by atoms with Crippen LogP contribution in [0.4, 0.5) is 0 Å². The van der Waals surface area contributed by atoms with E-state index in [9.17, 15) is 0 Å². The third-order valence-electron chi connectivity index (χ3n) is 3.68. The van der Waals surface area contributed by atoms with Crippen molar-refractivity contribution < 1.29 is 9.47 Å². The number of morpholine rings is 1. The summed E-state index contributed by atoms with van der Waals surface area (Å²) in [6.07, 6.45) is 2.22. The van der Waals surface area contributed by atoms with E-state index in [1.807, 2.05) is 6.07 Å². The largest absolute Gasteiger partial charge is 0.493 e. The zero-order chi connectivity index (χ0) is 14.8. The topological polar surface area (TPSA) is 33.7 Å². The Morgan fingerprint density at radius 1 is 1.23 bits per heavy atom. The zero-order valence-corrected chi connectivity index (χ0v) is 14.4. The van der Waals surface area contributed by atoms with Crippen LogP contribution >= 0.6 is 12.4 Å². The van der Waals surface area contributed by atoms with Gasteiger partial charge >= 0.3 is 0 Å². The van der Waals surface area contributed by atoms with Gasteiger partial charge in [-0.05, 0) is 32.0 Å². The Kier molecular flexibility index (Phi) is 10.2. The normalized spacial score (nSPS) is 15.3. The summed E-state index contributed by atoms with van der Waals surface area (Å²) in [4.78, 5) is 2.48. The van der Waals surface area contributed by atoms with Crippen LogP contribution in [0.15, 0.2) is 24.3 Å². The summed E-state index contributed by atoms with van der Waals surface area (Å²) in [5.41, 5.74) is 1.25. The van der Waals surface area contributed by atoms with Crippen LogP contribution in [-0.4, -0.2) is 50.9 Å². The standard InChI is InChI=1S/C17H28N2O2.ClH/c1-2-12-21-17-7-4-3-6-16(17)15-18-8-5-9-19-10-13-20-14-11-19;/h3-4,6-7,18H,2,5,8-15H2,1H3;1H. The molecule has 22 heavy (non-hydrogen) atoms. The number of nitrogens with one attached hydrogen (secondary N) is 1. The highest BCUT2D eigenvalue weighted by atomic mass is 35.5. The van der Waals surface area contributed by atoms with Crippen molar-refractivity contribution in [1.82, 2.24) is 10.2 Å². The summed E-state index contributed by atoms with van der Waals surface area (Å²) < 4.78 is 11.1. The first-order valence-corrected chi connectivity index (χ1v) is 8.11. The molecule has 1 saturated heterocycles. The van der Waals surface area contributed by atoms with Crippen LogP contribution in [0.25, 0.3) is 0 Å². The van der Waals surface area contributed by atoms with Crippen LogP contribution in [0, 0.1) is 0 Å². The number of ether oxygens (including phenoxy) is 2. The molecule has 0 saturated carbocycles. The molecule has 1 fully saturated rings. The fraction of sp³-hybridized carbons (Fsp3) is 0.647. The number of rotatable bonds is 9. The Morgan fingerprint density at radius 2 is 2.00 bits per heavy atom. The first-order valence-electron chi connectivity index (χ1n) is 8.11. The molecule has 1 N–H and O–H groups in total. The van der Waals surface area contributed by atoms with Gasteiger partial charge in [0.1, 0.15) is 5.75 Å². The van der Waals surface area contributed by atoms with E-state index < -0.39 is 0 Å². The second-order valence-corrected chi connectivity index (χ2v) is 5.44. The van der Waals surface area contributed by atoms with Gasteiger partial charge in [-0.25, -0.2) is 0 Å². The van der Waals surface area contributed by atoms with E-state index in [1.54, 1.807) is 0 Å². The molecule has 0 aromatic heterocycles. The molecule has 1 aromatic carbocycles. The van der Waals surface area contributed by atoms with Gasteiger partial charge in [0.25, 0.3) is 0 Å². The van der Waals surface area contributed by atoms with Crippen LogP contribution in [-0.2, 0) is 11.3 Å². The molecule has 0 spiro atoms. The molecule has 0 radical (unpaired) electrons. The second-order valence-electron chi connectivity index (χ2n) is 5.44. The van der Waals surface area contributed by atoms with Gasteiger partial charge in [0.2, 0.25) is 0 Å². The van der Waals surface area contributed by atoms with Crippen molar-refractivity contribution in [2.24, 2.45) is 0 Å². The maximum absolute atomic E-state index is 5.78. The minimum atomic E-state index is 0. The molecule has 5 heteroatoms. The Labute approximate surface area is 140 Å². The lowest BCUT2D eigenvalue weighted by molar-refractivity contribution is 0.0374. The molecule has 0 bridgehead atoms. The van der Waals surface area contributed by atoms with Gasteiger partial charge < -0.3 is 14.8 Å². The quantitative estimate of drug-likeness (QED) is 0.707. The van der Waals surface area contributed by atoms with Gasteiger partial charge in [-0.15, -0.1) is 12.4 Å². The maximum atomic E-state index is 5.78. The predicted octanol–water partition coefficient (Wildman–Crippen LogP) is 2.71. The van der Waals surface area contributed by atoms with Gasteiger partial charge in [0.15, 0.2) is 0 Å². The Hall–Kier alpha value is -0.810. The van der Waals surface area contributed by atoms with Crippen molar-refractivity contribution in [1.29, 1.82) is 0 Å². The summed E-state index contributed by atoms with van der Waals surface area (Å²) >= 11 is 0. The third kappa shape index (κ3) is 6.97. The molecule has 0 amide bonds. The number of hydrogen-bond donors (Lipinski definition) is 1. The van der Waals surface area contributed by atoms with E-state index >= 15 is 0 Å². The Bertz CT molecular complexity index is 398. The van der Waals surface area contributed by atoms with Crippen LogP contribution in [0.3, 0.4) is 0 Å². The molecule has 1 heterocycles.